The molecule has 2 aromatic carbocycles. The van der Waals surface area contributed by atoms with E-state index < -0.39 is 0 Å². The molecule has 1 aromatic heterocycles. The first-order chi connectivity index (χ1) is 13.1. The molecule has 0 aliphatic carbocycles. The summed E-state index contributed by atoms with van der Waals surface area (Å²) in [5, 5.41) is 9.70. The van der Waals surface area contributed by atoms with Crippen molar-refractivity contribution in [2.24, 2.45) is 7.05 Å². The minimum atomic E-state index is -0.373. The lowest BCUT2D eigenvalue weighted by atomic mass is 10.1. The van der Waals surface area contributed by atoms with E-state index in [0.717, 1.165) is 5.56 Å². The van der Waals surface area contributed by atoms with E-state index in [9.17, 15) is 9.59 Å². The van der Waals surface area contributed by atoms with Crippen molar-refractivity contribution in [3.63, 3.8) is 0 Å². The highest BCUT2D eigenvalue weighted by Crippen LogP contribution is 2.34. The Balaban J connectivity index is 1.42. The number of hydrogen-bond donors (Lipinski definition) is 2. The molecule has 8 heteroatoms. The van der Waals surface area contributed by atoms with Gasteiger partial charge in [0.05, 0.1) is 5.69 Å². The zero-order valence-corrected chi connectivity index (χ0v) is 14.4. The van der Waals surface area contributed by atoms with Crippen LogP contribution in [0.25, 0.3) is 11.3 Å². The predicted octanol–water partition coefficient (Wildman–Crippen LogP) is 2.82. The molecule has 136 valence electrons. The van der Waals surface area contributed by atoms with Gasteiger partial charge in [0.25, 0.3) is 5.56 Å². The molecule has 1 aliphatic rings. The predicted molar refractivity (Wildman–Crippen MR) is 100 cm³/mol. The molecule has 0 bridgehead atoms. The maximum Gasteiger partial charge on any atom is 0.323 e. The fourth-order valence-electron chi connectivity index (χ4n) is 2.65. The average Bonchev–Trinajstić information content (AvgIpc) is 3.12. The van der Waals surface area contributed by atoms with Crippen LogP contribution in [0.4, 0.5) is 16.2 Å². The Morgan fingerprint density at radius 1 is 0.963 bits per heavy atom. The van der Waals surface area contributed by atoms with Crippen molar-refractivity contribution in [3.05, 3.63) is 65.0 Å². The SMILES string of the molecule is Cn1nc(-c2ccc(NC(=O)Nc3ccc4c(c3)OCO4)cc2)ccc1=O. The fourth-order valence-corrected chi connectivity index (χ4v) is 2.65. The molecule has 0 atom stereocenters. The third-order valence-electron chi connectivity index (χ3n) is 4.03. The number of benzene rings is 2. The van der Waals surface area contributed by atoms with Gasteiger partial charge in [-0.15, -0.1) is 0 Å². The van der Waals surface area contributed by atoms with Gasteiger partial charge in [-0.1, -0.05) is 12.1 Å². The first kappa shape index (κ1) is 16.6. The number of rotatable bonds is 3. The molecule has 2 amide bonds. The molecule has 1 aliphatic heterocycles. The molecule has 2 heterocycles. The molecule has 0 radical (unpaired) electrons. The van der Waals surface area contributed by atoms with Gasteiger partial charge in [-0.25, -0.2) is 9.48 Å². The summed E-state index contributed by atoms with van der Waals surface area (Å²) < 4.78 is 11.8. The molecular weight excluding hydrogens is 348 g/mol. The summed E-state index contributed by atoms with van der Waals surface area (Å²) in [6, 6.07) is 15.1. The van der Waals surface area contributed by atoms with Gasteiger partial charge < -0.3 is 20.1 Å². The highest BCUT2D eigenvalue weighted by Gasteiger charge is 2.14. The quantitative estimate of drug-likeness (QED) is 0.745. The van der Waals surface area contributed by atoms with E-state index in [-0.39, 0.29) is 18.4 Å². The van der Waals surface area contributed by atoms with Gasteiger partial charge in [-0.2, -0.15) is 5.10 Å². The number of hydrogen-bond acceptors (Lipinski definition) is 5. The first-order valence-electron chi connectivity index (χ1n) is 8.21. The summed E-state index contributed by atoms with van der Waals surface area (Å²) >= 11 is 0. The third kappa shape index (κ3) is 3.59. The molecule has 0 unspecified atom stereocenters. The average molecular weight is 364 g/mol. The second-order valence-corrected chi connectivity index (χ2v) is 5.90. The van der Waals surface area contributed by atoms with E-state index in [0.29, 0.717) is 28.6 Å². The van der Waals surface area contributed by atoms with Gasteiger partial charge in [0, 0.05) is 36.1 Å². The number of aryl methyl sites for hydroxylation is 1. The van der Waals surface area contributed by atoms with Gasteiger partial charge in [0.2, 0.25) is 6.79 Å². The van der Waals surface area contributed by atoms with Crippen molar-refractivity contribution in [1.29, 1.82) is 0 Å². The van der Waals surface area contributed by atoms with E-state index >= 15 is 0 Å². The molecule has 2 N–H and O–H groups in total. The van der Waals surface area contributed by atoms with Gasteiger partial charge in [-0.05, 0) is 30.3 Å². The number of urea groups is 1. The molecule has 0 fully saturated rings. The number of nitrogens with zero attached hydrogens (tertiary/aromatic N) is 2. The highest BCUT2D eigenvalue weighted by atomic mass is 16.7. The van der Waals surface area contributed by atoms with Crippen LogP contribution >= 0.6 is 0 Å². The number of ether oxygens (including phenoxy) is 2. The smallest absolute Gasteiger partial charge is 0.323 e. The summed E-state index contributed by atoms with van der Waals surface area (Å²) in [5.41, 5.74) is 2.57. The maximum atomic E-state index is 12.2. The van der Waals surface area contributed by atoms with E-state index in [2.05, 4.69) is 15.7 Å². The van der Waals surface area contributed by atoms with Crippen LogP contribution in [0.3, 0.4) is 0 Å². The molecule has 4 rings (SSSR count). The van der Waals surface area contributed by atoms with Crippen LogP contribution in [0.5, 0.6) is 11.5 Å². The lowest BCUT2D eigenvalue weighted by Gasteiger charge is -2.09. The Morgan fingerprint density at radius 2 is 1.67 bits per heavy atom. The van der Waals surface area contributed by atoms with E-state index in [1.54, 1.807) is 43.4 Å². The fraction of sp³-hybridized carbons (Fsp3) is 0.105. The molecule has 27 heavy (non-hydrogen) atoms. The molecular formula is C19H16N4O4. The monoisotopic (exact) mass is 364 g/mol. The first-order valence-corrected chi connectivity index (χ1v) is 8.21. The van der Waals surface area contributed by atoms with Crippen LogP contribution in [0.2, 0.25) is 0 Å². The van der Waals surface area contributed by atoms with Gasteiger partial charge in [0.15, 0.2) is 11.5 Å². The van der Waals surface area contributed by atoms with Crippen LogP contribution in [-0.2, 0) is 7.05 Å². The zero-order valence-electron chi connectivity index (χ0n) is 14.4. The largest absolute Gasteiger partial charge is 0.454 e. The highest BCUT2D eigenvalue weighted by molar-refractivity contribution is 6.00. The summed E-state index contributed by atoms with van der Waals surface area (Å²) in [6.07, 6.45) is 0. The lowest BCUT2D eigenvalue weighted by molar-refractivity contribution is 0.174. The standard InChI is InChI=1S/C19H16N4O4/c1-23-18(24)9-7-15(22-23)12-2-4-13(5-3-12)20-19(25)21-14-6-8-16-17(10-14)27-11-26-16/h2-10H,11H2,1H3,(H2,20,21,25). The van der Waals surface area contributed by atoms with Crippen LogP contribution in [0, 0.1) is 0 Å². The van der Waals surface area contributed by atoms with Gasteiger partial charge >= 0.3 is 6.03 Å². The number of carbonyl (C=O) groups is 1. The summed E-state index contributed by atoms with van der Waals surface area (Å²) in [5.74, 6) is 1.26. The van der Waals surface area contributed by atoms with E-state index in [1.165, 1.54) is 10.7 Å². The van der Waals surface area contributed by atoms with Crippen LogP contribution in [0.15, 0.2) is 59.4 Å². The molecule has 0 spiro atoms. The summed E-state index contributed by atoms with van der Waals surface area (Å²) in [7, 11) is 1.60. The second-order valence-electron chi connectivity index (χ2n) is 5.90. The topological polar surface area (TPSA) is 94.5 Å². The Labute approximate surface area is 154 Å². The van der Waals surface area contributed by atoms with E-state index in [4.69, 9.17) is 9.47 Å². The van der Waals surface area contributed by atoms with Crippen molar-refractivity contribution in [1.82, 2.24) is 9.78 Å². The molecule has 8 nitrogen and oxygen atoms in total. The molecule has 0 saturated heterocycles. The van der Waals surface area contributed by atoms with Crippen molar-refractivity contribution < 1.29 is 14.3 Å². The van der Waals surface area contributed by atoms with Crippen molar-refractivity contribution >= 4 is 17.4 Å². The third-order valence-corrected chi connectivity index (χ3v) is 4.03. The Hall–Kier alpha value is -3.81. The number of aromatic nitrogens is 2. The van der Waals surface area contributed by atoms with Crippen LogP contribution in [-0.4, -0.2) is 22.6 Å². The Kier molecular flexibility index (Phi) is 4.21. The molecule has 3 aromatic rings. The normalized spacial score (nSPS) is 11.9. The zero-order chi connectivity index (χ0) is 18.8. The van der Waals surface area contributed by atoms with E-state index in [1.807, 2.05) is 12.1 Å². The maximum absolute atomic E-state index is 12.2. The number of carbonyl (C=O) groups excluding carboxylic acids is 1. The number of fused-ring (bicyclic) bond motifs is 1. The Bertz CT molecular complexity index is 1060. The summed E-state index contributed by atoms with van der Waals surface area (Å²) in [4.78, 5) is 23.6. The van der Waals surface area contributed by atoms with Crippen molar-refractivity contribution in [2.75, 3.05) is 17.4 Å². The minimum absolute atomic E-state index is 0.169. The Morgan fingerprint density at radius 3 is 2.44 bits per heavy atom. The number of anilines is 2. The summed E-state index contributed by atoms with van der Waals surface area (Å²) in [6.45, 7) is 0.182. The van der Waals surface area contributed by atoms with Crippen LogP contribution in [0.1, 0.15) is 0 Å². The minimum Gasteiger partial charge on any atom is -0.454 e. The number of nitrogens with one attached hydrogen (secondary N) is 2. The van der Waals surface area contributed by atoms with Crippen LogP contribution < -0.4 is 25.7 Å². The second kappa shape index (κ2) is 6.83. The van der Waals surface area contributed by atoms with Crippen molar-refractivity contribution in [3.8, 4) is 22.8 Å². The van der Waals surface area contributed by atoms with Crippen molar-refractivity contribution in [2.45, 2.75) is 0 Å². The number of amides is 2. The van der Waals surface area contributed by atoms with Gasteiger partial charge in [-0.3, -0.25) is 4.79 Å². The lowest BCUT2D eigenvalue weighted by Crippen LogP contribution is -2.19. The molecule has 0 saturated carbocycles. The van der Waals surface area contributed by atoms with Gasteiger partial charge in [0.1, 0.15) is 0 Å².